The number of sulfone groups is 1. The fraction of sp³-hybridized carbons (Fsp3) is 0.429. The quantitative estimate of drug-likeness (QED) is 0.937. The summed E-state index contributed by atoms with van der Waals surface area (Å²) in [5.41, 5.74) is 1.67. The summed E-state index contributed by atoms with van der Waals surface area (Å²) in [6, 6.07) is 5.26. The van der Waals surface area contributed by atoms with Gasteiger partial charge in [-0.15, -0.1) is 0 Å². The first-order valence-electron chi connectivity index (χ1n) is 6.37. The highest BCUT2D eigenvalue weighted by molar-refractivity contribution is 7.90. The molecule has 1 aromatic carbocycles. The maximum atomic E-state index is 11.8. The van der Waals surface area contributed by atoms with Crippen LogP contribution in [0.25, 0.3) is 10.9 Å². The van der Waals surface area contributed by atoms with E-state index in [4.69, 9.17) is 0 Å². The van der Waals surface area contributed by atoms with Gasteiger partial charge in [0.05, 0.1) is 11.3 Å². The lowest BCUT2D eigenvalue weighted by Gasteiger charge is -2.08. The summed E-state index contributed by atoms with van der Waals surface area (Å²) in [4.78, 5) is 0. The topological polar surface area (TPSA) is 59.3 Å². The lowest BCUT2D eigenvalue weighted by molar-refractivity contribution is 0.475. The molecule has 4 nitrogen and oxygen atoms in total. The number of aromatic hydroxyl groups is 1. The van der Waals surface area contributed by atoms with Crippen LogP contribution in [0.1, 0.15) is 32.4 Å². The molecule has 1 aromatic heterocycles. The van der Waals surface area contributed by atoms with Crippen molar-refractivity contribution in [1.82, 2.24) is 4.57 Å². The monoisotopic (exact) mass is 281 g/mol. The lowest BCUT2D eigenvalue weighted by Crippen LogP contribution is -2.06. The summed E-state index contributed by atoms with van der Waals surface area (Å²) < 4.78 is 25.6. The Morgan fingerprint density at radius 3 is 2.58 bits per heavy atom. The molecule has 104 valence electrons. The Hall–Kier alpha value is -1.49. The van der Waals surface area contributed by atoms with Crippen molar-refractivity contribution in [3.05, 3.63) is 30.0 Å². The van der Waals surface area contributed by atoms with Gasteiger partial charge in [0, 0.05) is 29.4 Å². The molecular weight excluding hydrogens is 262 g/mol. The number of phenols is 1. The second-order valence-corrected chi connectivity index (χ2v) is 7.39. The van der Waals surface area contributed by atoms with E-state index in [1.165, 1.54) is 0 Å². The van der Waals surface area contributed by atoms with Gasteiger partial charge >= 0.3 is 0 Å². The molecule has 0 amide bonds. The summed E-state index contributed by atoms with van der Waals surface area (Å²) in [6.07, 6.45) is 1.88. The van der Waals surface area contributed by atoms with Crippen molar-refractivity contribution in [1.29, 1.82) is 0 Å². The van der Waals surface area contributed by atoms with E-state index in [1.54, 1.807) is 25.1 Å². The van der Waals surface area contributed by atoms with Gasteiger partial charge in [-0.2, -0.15) is 0 Å². The molecule has 0 fully saturated rings. The molecule has 5 heteroatoms. The Morgan fingerprint density at radius 1 is 1.32 bits per heavy atom. The molecule has 0 unspecified atom stereocenters. The summed E-state index contributed by atoms with van der Waals surface area (Å²) >= 11 is 0. The first-order chi connectivity index (χ1) is 8.84. The number of rotatable bonds is 4. The molecule has 0 atom stereocenters. The largest absolute Gasteiger partial charge is 0.508 e. The fourth-order valence-electron chi connectivity index (χ4n) is 2.19. The Labute approximate surface area is 113 Å². The minimum Gasteiger partial charge on any atom is -0.508 e. The third-order valence-corrected chi connectivity index (χ3v) is 4.90. The van der Waals surface area contributed by atoms with Crippen LogP contribution in [0.4, 0.5) is 0 Å². The van der Waals surface area contributed by atoms with E-state index in [0.29, 0.717) is 0 Å². The lowest BCUT2D eigenvalue weighted by atomic mass is 10.2. The SMILES string of the molecule is CCS(=O)(=O)Cc1cn(C(C)C)c2cc(O)ccc12. The molecule has 0 aliphatic carbocycles. The first-order valence-corrected chi connectivity index (χ1v) is 8.19. The highest BCUT2D eigenvalue weighted by Gasteiger charge is 2.16. The normalized spacial score (nSPS) is 12.4. The van der Waals surface area contributed by atoms with Crippen LogP contribution < -0.4 is 0 Å². The molecule has 19 heavy (non-hydrogen) atoms. The molecular formula is C14H19NO3S. The number of hydrogen-bond donors (Lipinski definition) is 1. The van der Waals surface area contributed by atoms with Crippen LogP contribution in [0.15, 0.2) is 24.4 Å². The zero-order valence-electron chi connectivity index (χ0n) is 11.4. The molecule has 0 saturated carbocycles. The zero-order valence-corrected chi connectivity index (χ0v) is 12.2. The van der Waals surface area contributed by atoms with Crippen molar-refractivity contribution in [2.24, 2.45) is 0 Å². The van der Waals surface area contributed by atoms with Crippen molar-refractivity contribution in [2.45, 2.75) is 32.6 Å². The predicted octanol–water partition coefficient (Wildman–Crippen LogP) is 2.86. The van der Waals surface area contributed by atoms with Gasteiger partial charge in [0.25, 0.3) is 0 Å². The highest BCUT2D eigenvalue weighted by Crippen LogP contribution is 2.29. The van der Waals surface area contributed by atoms with E-state index in [-0.39, 0.29) is 23.3 Å². The van der Waals surface area contributed by atoms with Crippen LogP contribution in [0, 0.1) is 0 Å². The number of hydrogen-bond acceptors (Lipinski definition) is 3. The molecule has 0 aliphatic heterocycles. The summed E-state index contributed by atoms with van der Waals surface area (Å²) in [6.45, 7) is 5.71. The smallest absolute Gasteiger partial charge is 0.154 e. The molecule has 1 N–H and O–H groups in total. The summed E-state index contributed by atoms with van der Waals surface area (Å²) in [5, 5.41) is 10.5. The molecule has 0 radical (unpaired) electrons. The molecule has 0 saturated heterocycles. The van der Waals surface area contributed by atoms with Crippen LogP contribution in [0.5, 0.6) is 5.75 Å². The maximum absolute atomic E-state index is 11.8. The van der Waals surface area contributed by atoms with Crippen molar-refractivity contribution >= 4 is 20.7 Å². The third-order valence-electron chi connectivity index (χ3n) is 3.27. The van der Waals surface area contributed by atoms with Crippen LogP contribution in [0.2, 0.25) is 0 Å². The molecule has 0 spiro atoms. The van der Waals surface area contributed by atoms with Gasteiger partial charge in [-0.25, -0.2) is 8.42 Å². The third kappa shape index (κ3) is 2.76. The number of nitrogens with zero attached hydrogens (tertiary/aromatic N) is 1. The Kier molecular flexibility index (Phi) is 3.58. The highest BCUT2D eigenvalue weighted by atomic mass is 32.2. The Balaban J connectivity index is 2.63. The van der Waals surface area contributed by atoms with E-state index in [1.807, 2.05) is 24.6 Å². The average molecular weight is 281 g/mol. The van der Waals surface area contributed by atoms with Crippen molar-refractivity contribution < 1.29 is 13.5 Å². The minimum absolute atomic E-state index is 0.0461. The number of benzene rings is 1. The van der Waals surface area contributed by atoms with Gasteiger partial charge in [0.2, 0.25) is 0 Å². The second kappa shape index (κ2) is 4.89. The van der Waals surface area contributed by atoms with Gasteiger partial charge in [0.1, 0.15) is 5.75 Å². The van der Waals surface area contributed by atoms with Crippen LogP contribution in [-0.2, 0) is 15.6 Å². The van der Waals surface area contributed by atoms with Gasteiger partial charge in [-0.1, -0.05) is 6.92 Å². The van der Waals surface area contributed by atoms with Gasteiger partial charge < -0.3 is 9.67 Å². The van der Waals surface area contributed by atoms with Crippen LogP contribution in [-0.4, -0.2) is 23.8 Å². The number of fused-ring (bicyclic) bond motifs is 1. The standard InChI is InChI=1S/C14H19NO3S/c1-4-19(17,18)9-11-8-15(10(2)3)14-7-12(16)5-6-13(11)14/h5-8,10,16H,4,9H2,1-3H3. The van der Waals surface area contributed by atoms with Crippen LogP contribution in [0.3, 0.4) is 0 Å². The molecule has 2 aromatic rings. The maximum Gasteiger partial charge on any atom is 0.154 e. The Morgan fingerprint density at radius 2 is 2.00 bits per heavy atom. The second-order valence-electron chi connectivity index (χ2n) is 5.03. The summed E-state index contributed by atoms with van der Waals surface area (Å²) in [7, 11) is -3.06. The van der Waals surface area contributed by atoms with E-state index in [2.05, 4.69) is 0 Å². The predicted molar refractivity (Wildman–Crippen MR) is 77.2 cm³/mol. The van der Waals surface area contributed by atoms with Gasteiger partial charge in [-0.05, 0) is 31.5 Å². The zero-order chi connectivity index (χ0) is 14.2. The van der Waals surface area contributed by atoms with Crippen molar-refractivity contribution in [3.63, 3.8) is 0 Å². The van der Waals surface area contributed by atoms with E-state index < -0.39 is 9.84 Å². The van der Waals surface area contributed by atoms with E-state index in [9.17, 15) is 13.5 Å². The minimum atomic E-state index is -3.06. The van der Waals surface area contributed by atoms with E-state index in [0.717, 1.165) is 16.5 Å². The molecule has 1 heterocycles. The van der Waals surface area contributed by atoms with E-state index >= 15 is 0 Å². The number of aromatic nitrogens is 1. The van der Waals surface area contributed by atoms with Gasteiger partial charge in [-0.3, -0.25) is 0 Å². The number of phenolic OH excluding ortho intramolecular Hbond substituents is 1. The Bertz CT molecular complexity index is 699. The molecule has 0 bridgehead atoms. The van der Waals surface area contributed by atoms with Crippen molar-refractivity contribution in [3.8, 4) is 5.75 Å². The first kappa shape index (κ1) is 13.9. The van der Waals surface area contributed by atoms with Crippen molar-refractivity contribution in [2.75, 3.05) is 5.75 Å². The average Bonchev–Trinajstić information content (AvgIpc) is 2.67. The fourth-order valence-corrected chi connectivity index (χ4v) is 3.10. The van der Waals surface area contributed by atoms with Crippen LogP contribution >= 0.6 is 0 Å². The summed E-state index contributed by atoms with van der Waals surface area (Å²) in [5.74, 6) is 0.376. The van der Waals surface area contributed by atoms with Gasteiger partial charge in [0.15, 0.2) is 9.84 Å². The molecule has 0 aliphatic rings. The molecule has 2 rings (SSSR count).